The largest absolute Gasteiger partial charge is 0.371 e. The molecule has 1 aromatic rings. The minimum Gasteiger partial charge on any atom is -0.371 e. The van der Waals surface area contributed by atoms with E-state index in [1.807, 2.05) is 7.05 Å². The maximum Gasteiger partial charge on any atom is 0.326 e. The highest BCUT2D eigenvalue weighted by Gasteiger charge is 2.54. The molecular weight excluding hydrogens is 364 g/mol. The lowest BCUT2D eigenvalue weighted by Crippen LogP contribution is -2.54. The van der Waals surface area contributed by atoms with Gasteiger partial charge in [-0.3, -0.25) is 9.69 Å². The molecule has 1 saturated carbocycles. The van der Waals surface area contributed by atoms with Gasteiger partial charge in [0.25, 0.3) is 5.91 Å². The SMILES string of the molecule is C[C@H]1CCCC[C@@]12NC(=O)N(CN(C)Cc1ccccc1N1CCCCC1)C2=O. The molecule has 1 N–H and O–H groups in total. The predicted molar refractivity (Wildman–Crippen MR) is 115 cm³/mol. The number of amides is 3. The number of para-hydroxylation sites is 1. The highest BCUT2D eigenvalue weighted by Crippen LogP contribution is 2.38. The van der Waals surface area contributed by atoms with Gasteiger partial charge in [-0.25, -0.2) is 9.69 Å². The predicted octanol–water partition coefficient (Wildman–Crippen LogP) is 3.57. The maximum absolute atomic E-state index is 13.2. The number of urea groups is 1. The van der Waals surface area contributed by atoms with E-state index in [9.17, 15) is 9.59 Å². The van der Waals surface area contributed by atoms with Crippen LogP contribution in [0.1, 0.15) is 57.4 Å². The lowest BCUT2D eigenvalue weighted by atomic mass is 9.73. The summed E-state index contributed by atoms with van der Waals surface area (Å²) in [7, 11) is 1.99. The normalized spacial score (nSPS) is 27.8. The highest BCUT2D eigenvalue weighted by atomic mass is 16.2. The summed E-state index contributed by atoms with van der Waals surface area (Å²) in [5, 5.41) is 3.05. The van der Waals surface area contributed by atoms with Crippen molar-refractivity contribution < 1.29 is 9.59 Å². The minimum absolute atomic E-state index is 0.0362. The van der Waals surface area contributed by atoms with E-state index in [0.29, 0.717) is 13.2 Å². The molecule has 1 aromatic carbocycles. The molecule has 2 aliphatic heterocycles. The van der Waals surface area contributed by atoms with Crippen LogP contribution in [-0.2, 0) is 11.3 Å². The summed E-state index contributed by atoms with van der Waals surface area (Å²) in [5.74, 6) is 0.161. The molecule has 1 aliphatic carbocycles. The number of imide groups is 1. The summed E-state index contributed by atoms with van der Waals surface area (Å²) in [6.45, 7) is 5.35. The molecule has 6 nitrogen and oxygen atoms in total. The second kappa shape index (κ2) is 8.34. The van der Waals surface area contributed by atoms with Crippen LogP contribution >= 0.6 is 0 Å². The number of piperidine rings is 1. The summed E-state index contributed by atoms with van der Waals surface area (Å²) in [4.78, 5) is 31.8. The Morgan fingerprint density at radius 1 is 1.10 bits per heavy atom. The first kappa shape index (κ1) is 20.2. The number of rotatable bonds is 5. The number of anilines is 1. The molecule has 3 fully saturated rings. The molecule has 0 unspecified atom stereocenters. The average Bonchev–Trinajstić information content (AvgIpc) is 2.96. The van der Waals surface area contributed by atoms with Gasteiger partial charge in [-0.1, -0.05) is 38.0 Å². The van der Waals surface area contributed by atoms with E-state index >= 15 is 0 Å². The summed E-state index contributed by atoms with van der Waals surface area (Å²) in [5.41, 5.74) is 1.86. The quantitative estimate of drug-likeness (QED) is 0.771. The van der Waals surface area contributed by atoms with Gasteiger partial charge >= 0.3 is 6.03 Å². The van der Waals surface area contributed by atoms with E-state index in [4.69, 9.17) is 0 Å². The highest BCUT2D eigenvalue weighted by molar-refractivity contribution is 6.07. The molecule has 6 heteroatoms. The van der Waals surface area contributed by atoms with Crippen molar-refractivity contribution in [3.8, 4) is 0 Å². The Labute approximate surface area is 174 Å². The molecule has 0 bridgehead atoms. The van der Waals surface area contributed by atoms with Gasteiger partial charge < -0.3 is 10.2 Å². The van der Waals surface area contributed by atoms with Crippen molar-refractivity contribution in [3.05, 3.63) is 29.8 Å². The standard InChI is InChI=1S/C23H34N4O2/c1-18-10-6-7-13-23(18)21(28)27(22(29)24-23)17-25(2)16-19-11-4-5-12-20(19)26-14-8-3-9-15-26/h4-5,11-12,18H,3,6-10,13-17H2,1-2H3,(H,24,29)/t18-,23+/m0/s1. The van der Waals surface area contributed by atoms with Crippen molar-refractivity contribution in [1.29, 1.82) is 0 Å². The van der Waals surface area contributed by atoms with E-state index in [1.165, 1.54) is 35.4 Å². The molecule has 4 rings (SSSR count). The summed E-state index contributed by atoms with van der Waals surface area (Å²) >= 11 is 0. The Morgan fingerprint density at radius 3 is 2.62 bits per heavy atom. The van der Waals surface area contributed by atoms with E-state index < -0.39 is 5.54 Å². The summed E-state index contributed by atoms with van der Waals surface area (Å²) in [6, 6.07) is 8.29. The first-order valence-electron chi connectivity index (χ1n) is 11.2. The number of nitrogens with zero attached hydrogens (tertiary/aromatic N) is 3. The Kier molecular flexibility index (Phi) is 5.81. The van der Waals surface area contributed by atoms with Crippen LogP contribution < -0.4 is 10.2 Å². The fourth-order valence-corrected chi connectivity index (χ4v) is 5.29. The van der Waals surface area contributed by atoms with E-state index in [1.54, 1.807) is 0 Å². The second-order valence-electron chi connectivity index (χ2n) is 9.11. The Bertz CT molecular complexity index is 761. The first-order chi connectivity index (χ1) is 14.0. The molecule has 2 atom stereocenters. The van der Waals surface area contributed by atoms with Crippen molar-refractivity contribution in [3.63, 3.8) is 0 Å². The van der Waals surface area contributed by atoms with Crippen molar-refractivity contribution in [1.82, 2.24) is 15.1 Å². The number of hydrogen-bond donors (Lipinski definition) is 1. The van der Waals surface area contributed by atoms with Crippen LogP contribution in [-0.4, -0.2) is 54.1 Å². The van der Waals surface area contributed by atoms with E-state index in [2.05, 4.69) is 46.3 Å². The van der Waals surface area contributed by atoms with Crippen LogP contribution in [0.15, 0.2) is 24.3 Å². The zero-order valence-electron chi connectivity index (χ0n) is 17.8. The van der Waals surface area contributed by atoms with Gasteiger partial charge in [-0.15, -0.1) is 0 Å². The van der Waals surface area contributed by atoms with Gasteiger partial charge in [0, 0.05) is 25.3 Å². The third kappa shape index (κ3) is 3.87. The summed E-state index contributed by atoms with van der Waals surface area (Å²) in [6.07, 6.45) is 7.70. The number of benzene rings is 1. The molecule has 2 saturated heterocycles. The third-order valence-corrected chi connectivity index (χ3v) is 7.01. The van der Waals surface area contributed by atoms with E-state index in [-0.39, 0.29) is 17.9 Å². The van der Waals surface area contributed by atoms with Crippen molar-refractivity contribution in [2.24, 2.45) is 5.92 Å². The maximum atomic E-state index is 13.2. The smallest absolute Gasteiger partial charge is 0.326 e. The number of carbonyl (C=O) groups is 2. The van der Waals surface area contributed by atoms with Crippen LogP contribution in [0.25, 0.3) is 0 Å². The van der Waals surface area contributed by atoms with Crippen molar-refractivity contribution in [2.75, 3.05) is 31.7 Å². The Morgan fingerprint density at radius 2 is 1.86 bits per heavy atom. The first-order valence-corrected chi connectivity index (χ1v) is 11.2. The Hall–Kier alpha value is -2.08. The molecule has 0 aromatic heterocycles. The summed E-state index contributed by atoms with van der Waals surface area (Å²) < 4.78 is 0. The van der Waals surface area contributed by atoms with Gasteiger partial charge in [-0.2, -0.15) is 0 Å². The Balaban J connectivity index is 1.44. The lowest BCUT2D eigenvalue weighted by Gasteiger charge is -2.37. The molecule has 0 radical (unpaired) electrons. The van der Waals surface area contributed by atoms with Crippen LogP contribution in [0.4, 0.5) is 10.5 Å². The van der Waals surface area contributed by atoms with Crippen LogP contribution in [0, 0.1) is 5.92 Å². The monoisotopic (exact) mass is 398 g/mol. The van der Waals surface area contributed by atoms with Gasteiger partial charge in [0.15, 0.2) is 0 Å². The lowest BCUT2D eigenvalue weighted by molar-refractivity contribution is -0.135. The number of hydrogen-bond acceptors (Lipinski definition) is 4. The molecule has 2 heterocycles. The second-order valence-corrected chi connectivity index (χ2v) is 9.11. The van der Waals surface area contributed by atoms with Crippen LogP contribution in [0.3, 0.4) is 0 Å². The van der Waals surface area contributed by atoms with Gasteiger partial charge in [0.1, 0.15) is 5.54 Å². The zero-order valence-corrected chi connectivity index (χ0v) is 17.8. The molecule has 1 spiro atoms. The zero-order chi connectivity index (χ0) is 20.4. The number of nitrogens with one attached hydrogen (secondary N) is 1. The molecule has 3 aliphatic rings. The van der Waals surface area contributed by atoms with Crippen LogP contribution in [0.5, 0.6) is 0 Å². The topological polar surface area (TPSA) is 55.9 Å². The van der Waals surface area contributed by atoms with Gasteiger partial charge in [-0.05, 0) is 56.7 Å². The fraction of sp³-hybridized carbons (Fsp3) is 0.652. The molecule has 158 valence electrons. The molecule has 29 heavy (non-hydrogen) atoms. The average molecular weight is 399 g/mol. The molecule has 3 amide bonds. The van der Waals surface area contributed by atoms with E-state index in [0.717, 1.165) is 38.8 Å². The molecular formula is C23H34N4O2. The van der Waals surface area contributed by atoms with Crippen LogP contribution in [0.2, 0.25) is 0 Å². The number of carbonyl (C=O) groups excluding carboxylic acids is 2. The van der Waals surface area contributed by atoms with Gasteiger partial charge in [0.05, 0.1) is 6.67 Å². The van der Waals surface area contributed by atoms with Gasteiger partial charge in [0.2, 0.25) is 0 Å². The minimum atomic E-state index is -0.679. The fourth-order valence-electron chi connectivity index (χ4n) is 5.29. The third-order valence-electron chi connectivity index (χ3n) is 7.01. The van der Waals surface area contributed by atoms with Crippen molar-refractivity contribution >= 4 is 17.6 Å². The van der Waals surface area contributed by atoms with Crippen molar-refractivity contribution in [2.45, 2.75) is 64.0 Å².